The number of nitrogens with two attached hydrogens (primary N) is 1. The third-order valence-corrected chi connectivity index (χ3v) is 1.97. The first kappa shape index (κ1) is 9.65. The Balaban J connectivity index is 2.87. The van der Waals surface area contributed by atoms with Crippen LogP contribution in [0.25, 0.3) is 0 Å². The average Bonchev–Trinajstić information content (AvgIpc) is 2.04. The molecule has 0 aromatic heterocycles. The highest BCUT2D eigenvalue weighted by Gasteiger charge is 2.18. The molecule has 70 valence electrons. The third-order valence-electron chi connectivity index (χ3n) is 1.97. The molecule has 0 aliphatic carbocycles. The van der Waals surface area contributed by atoms with Crippen LogP contribution in [0.1, 0.15) is 19.4 Å². The van der Waals surface area contributed by atoms with E-state index in [-0.39, 0.29) is 5.54 Å². The van der Waals surface area contributed by atoms with Crippen molar-refractivity contribution in [2.24, 2.45) is 5.73 Å². The van der Waals surface area contributed by atoms with Crippen molar-refractivity contribution in [3.63, 3.8) is 0 Å². The molecule has 0 atom stereocenters. The summed E-state index contributed by atoms with van der Waals surface area (Å²) in [4.78, 5) is 0. The molecule has 3 N–H and O–H groups in total. The van der Waals surface area contributed by atoms with Crippen LogP contribution in [0.4, 0.5) is 0 Å². The molecule has 0 saturated heterocycles. The van der Waals surface area contributed by atoms with Crippen molar-refractivity contribution in [1.29, 1.82) is 0 Å². The van der Waals surface area contributed by atoms with E-state index in [9.17, 15) is 0 Å². The number of benzene rings is 1. The van der Waals surface area contributed by atoms with E-state index in [1.807, 2.05) is 18.2 Å². The van der Waals surface area contributed by atoms with Gasteiger partial charge in [-0.1, -0.05) is 36.9 Å². The monoisotopic (exact) mass is 176 g/mol. The van der Waals surface area contributed by atoms with Crippen LogP contribution in [-0.2, 0) is 5.54 Å². The number of rotatable bonds is 3. The van der Waals surface area contributed by atoms with Crippen LogP contribution in [-0.4, -0.2) is 0 Å². The second kappa shape index (κ2) is 3.52. The smallest absolute Gasteiger partial charge is 0.0892 e. The van der Waals surface area contributed by atoms with Gasteiger partial charge < -0.3 is 11.1 Å². The largest absolute Gasteiger partial charge is 0.386 e. The first-order chi connectivity index (χ1) is 6.02. The maximum atomic E-state index is 5.51. The molecule has 0 aliphatic rings. The standard InChI is InChI=1S/C11H16N2/c1-9(12)13-11(2,3)10-7-5-4-6-8-10/h4-8,13H,1,12H2,2-3H3. The Kier molecular flexibility index (Phi) is 2.61. The van der Waals surface area contributed by atoms with Crippen LogP contribution in [0, 0.1) is 0 Å². The predicted molar refractivity (Wildman–Crippen MR) is 55.9 cm³/mol. The number of hydrogen-bond donors (Lipinski definition) is 2. The summed E-state index contributed by atoms with van der Waals surface area (Å²) in [5, 5.41) is 3.12. The minimum atomic E-state index is -0.160. The molecule has 0 saturated carbocycles. The fraction of sp³-hybridized carbons (Fsp3) is 0.273. The number of hydrogen-bond acceptors (Lipinski definition) is 2. The van der Waals surface area contributed by atoms with Gasteiger partial charge in [0.05, 0.1) is 11.4 Å². The molecule has 0 bridgehead atoms. The molecule has 13 heavy (non-hydrogen) atoms. The van der Waals surface area contributed by atoms with Crippen molar-refractivity contribution >= 4 is 0 Å². The lowest BCUT2D eigenvalue weighted by Gasteiger charge is -2.27. The predicted octanol–water partition coefficient (Wildman–Crippen LogP) is 1.94. The van der Waals surface area contributed by atoms with Crippen LogP contribution >= 0.6 is 0 Å². The van der Waals surface area contributed by atoms with Crippen molar-refractivity contribution in [1.82, 2.24) is 5.32 Å². The van der Waals surface area contributed by atoms with Crippen molar-refractivity contribution < 1.29 is 0 Å². The van der Waals surface area contributed by atoms with Crippen LogP contribution in [0.5, 0.6) is 0 Å². The van der Waals surface area contributed by atoms with E-state index in [2.05, 4.69) is 37.9 Å². The SMILES string of the molecule is C=C(N)NC(C)(C)c1ccccc1. The van der Waals surface area contributed by atoms with E-state index in [0.717, 1.165) is 0 Å². The molecule has 0 amide bonds. The van der Waals surface area contributed by atoms with E-state index in [1.54, 1.807) is 0 Å². The second-order valence-corrected chi connectivity index (χ2v) is 3.64. The summed E-state index contributed by atoms with van der Waals surface area (Å²) < 4.78 is 0. The van der Waals surface area contributed by atoms with Gasteiger partial charge in [0.2, 0.25) is 0 Å². The summed E-state index contributed by atoms with van der Waals surface area (Å²) in [5.74, 6) is 0.494. The molecule has 1 aromatic rings. The summed E-state index contributed by atoms with van der Waals surface area (Å²) in [5.41, 5.74) is 6.55. The van der Waals surface area contributed by atoms with Gasteiger partial charge in [-0.25, -0.2) is 0 Å². The van der Waals surface area contributed by atoms with Gasteiger partial charge in [-0.05, 0) is 19.4 Å². The zero-order valence-corrected chi connectivity index (χ0v) is 8.17. The average molecular weight is 176 g/mol. The van der Waals surface area contributed by atoms with Gasteiger partial charge in [-0.15, -0.1) is 0 Å². The third kappa shape index (κ3) is 2.51. The van der Waals surface area contributed by atoms with Crippen LogP contribution in [0.3, 0.4) is 0 Å². The fourth-order valence-electron chi connectivity index (χ4n) is 1.33. The summed E-state index contributed by atoms with van der Waals surface area (Å²) in [6.07, 6.45) is 0. The Bertz CT molecular complexity index is 288. The molecule has 2 nitrogen and oxygen atoms in total. The molecule has 0 fully saturated rings. The van der Waals surface area contributed by atoms with Crippen LogP contribution in [0.2, 0.25) is 0 Å². The molecule has 0 radical (unpaired) electrons. The second-order valence-electron chi connectivity index (χ2n) is 3.64. The van der Waals surface area contributed by atoms with Crippen LogP contribution < -0.4 is 11.1 Å². The minimum Gasteiger partial charge on any atom is -0.386 e. The molecule has 0 heterocycles. The molecule has 2 heteroatoms. The van der Waals surface area contributed by atoms with Crippen molar-refractivity contribution in [2.45, 2.75) is 19.4 Å². The lowest BCUT2D eigenvalue weighted by Crippen LogP contribution is -2.37. The molecule has 1 rings (SSSR count). The van der Waals surface area contributed by atoms with Gasteiger partial charge in [0.15, 0.2) is 0 Å². The Morgan fingerprint density at radius 1 is 1.31 bits per heavy atom. The van der Waals surface area contributed by atoms with Gasteiger partial charge in [-0.3, -0.25) is 0 Å². The fourth-order valence-corrected chi connectivity index (χ4v) is 1.33. The first-order valence-electron chi connectivity index (χ1n) is 4.30. The quantitative estimate of drug-likeness (QED) is 0.738. The maximum absolute atomic E-state index is 5.51. The highest BCUT2D eigenvalue weighted by Crippen LogP contribution is 2.19. The summed E-state index contributed by atoms with van der Waals surface area (Å²) in [7, 11) is 0. The molecule has 0 spiro atoms. The normalized spacial score (nSPS) is 10.9. The van der Waals surface area contributed by atoms with Crippen molar-refractivity contribution in [3.05, 3.63) is 48.3 Å². The van der Waals surface area contributed by atoms with Crippen LogP contribution in [0.15, 0.2) is 42.7 Å². The Hall–Kier alpha value is -1.44. The van der Waals surface area contributed by atoms with Gasteiger partial charge in [0.1, 0.15) is 0 Å². The minimum absolute atomic E-state index is 0.160. The lowest BCUT2D eigenvalue weighted by atomic mass is 9.94. The van der Waals surface area contributed by atoms with E-state index in [1.165, 1.54) is 5.56 Å². The Morgan fingerprint density at radius 3 is 2.31 bits per heavy atom. The molecular weight excluding hydrogens is 160 g/mol. The Morgan fingerprint density at radius 2 is 1.85 bits per heavy atom. The molecule has 0 unspecified atom stereocenters. The van der Waals surface area contributed by atoms with E-state index >= 15 is 0 Å². The Labute approximate surface area is 79.5 Å². The van der Waals surface area contributed by atoms with E-state index in [0.29, 0.717) is 5.82 Å². The maximum Gasteiger partial charge on any atom is 0.0892 e. The van der Waals surface area contributed by atoms with Gasteiger partial charge in [0, 0.05) is 0 Å². The van der Waals surface area contributed by atoms with Gasteiger partial charge in [0.25, 0.3) is 0 Å². The van der Waals surface area contributed by atoms with E-state index < -0.39 is 0 Å². The summed E-state index contributed by atoms with van der Waals surface area (Å²) >= 11 is 0. The first-order valence-corrected chi connectivity index (χ1v) is 4.30. The number of nitrogens with one attached hydrogen (secondary N) is 1. The summed E-state index contributed by atoms with van der Waals surface area (Å²) in [6, 6.07) is 10.2. The topological polar surface area (TPSA) is 38.0 Å². The molecule has 1 aromatic carbocycles. The van der Waals surface area contributed by atoms with Gasteiger partial charge in [-0.2, -0.15) is 0 Å². The molecular formula is C11H16N2. The summed E-state index contributed by atoms with van der Waals surface area (Å²) in [6.45, 7) is 7.77. The highest BCUT2D eigenvalue weighted by atomic mass is 15.0. The zero-order chi connectivity index (χ0) is 9.90. The highest BCUT2D eigenvalue weighted by molar-refractivity contribution is 5.23. The lowest BCUT2D eigenvalue weighted by molar-refractivity contribution is 0.447. The van der Waals surface area contributed by atoms with Crippen molar-refractivity contribution in [3.8, 4) is 0 Å². The molecule has 0 aliphatic heterocycles. The van der Waals surface area contributed by atoms with Crippen molar-refractivity contribution in [2.75, 3.05) is 0 Å². The zero-order valence-electron chi connectivity index (χ0n) is 8.17. The van der Waals surface area contributed by atoms with Gasteiger partial charge >= 0.3 is 0 Å². The van der Waals surface area contributed by atoms with E-state index in [4.69, 9.17) is 5.73 Å².